The molecule has 16 heavy (non-hydrogen) atoms. The molecule has 0 unspecified atom stereocenters. The molecule has 1 aliphatic carbocycles. The summed E-state index contributed by atoms with van der Waals surface area (Å²) >= 11 is 0. The smallest absolute Gasteiger partial charge is 0.126 e. The van der Waals surface area contributed by atoms with Gasteiger partial charge in [0.05, 0.1) is 5.69 Å². The number of benzene rings is 1. The Kier molecular flexibility index (Phi) is 2.21. The maximum Gasteiger partial charge on any atom is 0.126 e. The monoisotopic (exact) mass is 213 g/mol. The standard InChI is InChI=1S/C14H12FN/c15-13-7-6-11(9-12(13)10-4-5-10)14-3-1-2-8-16-14/h1-3,6-10H,4-5H2. The molecule has 1 heterocycles. The Labute approximate surface area is 94.0 Å². The molecule has 0 bridgehead atoms. The van der Waals surface area contributed by atoms with E-state index in [-0.39, 0.29) is 5.82 Å². The van der Waals surface area contributed by atoms with Gasteiger partial charge in [-0.25, -0.2) is 4.39 Å². The lowest BCUT2D eigenvalue weighted by atomic mass is 10.0. The number of nitrogens with zero attached hydrogens (tertiary/aromatic N) is 1. The van der Waals surface area contributed by atoms with Crippen LogP contribution in [0.1, 0.15) is 24.3 Å². The predicted octanol–water partition coefficient (Wildman–Crippen LogP) is 3.77. The Bertz CT molecular complexity index is 503. The molecule has 0 aliphatic heterocycles. The van der Waals surface area contributed by atoms with Crippen molar-refractivity contribution < 1.29 is 4.39 Å². The fourth-order valence-electron chi connectivity index (χ4n) is 1.94. The summed E-state index contributed by atoms with van der Waals surface area (Å²) in [6.45, 7) is 0. The molecular formula is C14H12FN. The van der Waals surface area contributed by atoms with Crippen LogP contribution in [0.5, 0.6) is 0 Å². The van der Waals surface area contributed by atoms with Crippen molar-refractivity contribution in [1.29, 1.82) is 0 Å². The van der Waals surface area contributed by atoms with Gasteiger partial charge in [0.15, 0.2) is 0 Å². The molecule has 0 radical (unpaired) electrons. The molecule has 1 nitrogen and oxygen atoms in total. The zero-order valence-electron chi connectivity index (χ0n) is 8.86. The number of halogens is 1. The van der Waals surface area contributed by atoms with E-state index in [9.17, 15) is 4.39 Å². The zero-order chi connectivity index (χ0) is 11.0. The van der Waals surface area contributed by atoms with Crippen LogP contribution in [0.3, 0.4) is 0 Å². The number of rotatable bonds is 2. The van der Waals surface area contributed by atoms with Crippen molar-refractivity contribution in [2.45, 2.75) is 18.8 Å². The van der Waals surface area contributed by atoms with Crippen LogP contribution in [0.2, 0.25) is 0 Å². The molecule has 0 atom stereocenters. The van der Waals surface area contributed by atoms with Gasteiger partial charge < -0.3 is 0 Å². The van der Waals surface area contributed by atoms with Crippen LogP contribution in [-0.2, 0) is 0 Å². The molecule has 2 heteroatoms. The number of hydrogen-bond acceptors (Lipinski definition) is 1. The molecule has 1 aromatic carbocycles. The fraction of sp³-hybridized carbons (Fsp3) is 0.214. The summed E-state index contributed by atoms with van der Waals surface area (Å²) < 4.78 is 13.6. The van der Waals surface area contributed by atoms with E-state index < -0.39 is 0 Å². The summed E-state index contributed by atoms with van der Waals surface area (Å²) in [6, 6.07) is 11.1. The van der Waals surface area contributed by atoms with Gasteiger partial charge in [0, 0.05) is 11.8 Å². The van der Waals surface area contributed by atoms with E-state index in [1.165, 1.54) is 0 Å². The minimum atomic E-state index is -0.0813. The summed E-state index contributed by atoms with van der Waals surface area (Å²) in [5.41, 5.74) is 2.76. The van der Waals surface area contributed by atoms with E-state index in [0.717, 1.165) is 29.7 Å². The summed E-state index contributed by atoms with van der Waals surface area (Å²) in [6.07, 6.45) is 3.99. The van der Waals surface area contributed by atoms with Crippen LogP contribution < -0.4 is 0 Å². The van der Waals surface area contributed by atoms with Crippen LogP contribution in [0, 0.1) is 5.82 Å². The van der Waals surface area contributed by atoms with Gasteiger partial charge in [0.25, 0.3) is 0 Å². The van der Waals surface area contributed by atoms with Crippen LogP contribution in [0.25, 0.3) is 11.3 Å². The lowest BCUT2D eigenvalue weighted by molar-refractivity contribution is 0.611. The van der Waals surface area contributed by atoms with Gasteiger partial charge in [0.1, 0.15) is 5.82 Å². The van der Waals surface area contributed by atoms with Gasteiger partial charge in [0.2, 0.25) is 0 Å². The van der Waals surface area contributed by atoms with Gasteiger partial charge in [-0.15, -0.1) is 0 Å². The third kappa shape index (κ3) is 1.71. The first-order valence-electron chi connectivity index (χ1n) is 5.55. The lowest BCUT2D eigenvalue weighted by Crippen LogP contribution is -1.89. The third-order valence-corrected chi connectivity index (χ3v) is 2.97. The average molecular weight is 213 g/mol. The van der Waals surface area contributed by atoms with E-state index >= 15 is 0 Å². The molecule has 0 N–H and O–H groups in total. The SMILES string of the molecule is Fc1ccc(-c2ccccn2)cc1C1CC1. The average Bonchev–Trinajstić information content (AvgIpc) is 3.15. The van der Waals surface area contributed by atoms with E-state index in [4.69, 9.17) is 0 Å². The summed E-state index contributed by atoms with van der Waals surface area (Å²) in [5, 5.41) is 0. The Balaban J connectivity index is 2.05. The van der Waals surface area contributed by atoms with Crippen LogP contribution in [-0.4, -0.2) is 4.98 Å². The highest BCUT2D eigenvalue weighted by atomic mass is 19.1. The molecular weight excluding hydrogens is 201 g/mol. The van der Waals surface area contributed by atoms with Crippen molar-refractivity contribution in [2.75, 3.05) is 0 Å². The second-order valence-corrected chi connectivity index (χ2v) is 4.23. The second kappa shape index (κ2) is 3.71. The third-order valence-electron chi connectivity index (χ3n) is 2.97. The van der Waals surface area contributed by atoms with Crippen molar-refractivity contribution in [3.8, 4) is 11.3 Å². The first-order valence-corrected chi connectivity index (χ1v) is 5.55. The molecule has 0 saturated heterocycles. The van der Waals surface area contributed by atoms with Crippen LogP contribution in [0.4, 0.5) is 4.39 Å². The van der Waals surface area contributed by atoms with Crippen molar-refractivity contribution in [1.82, 2.24) is 4.98 Å². The maximum atomic E-state index is 13.6. The Morgan fingerprint density at radius 3 is 2.69 bits per heavy atom. The lowest BCUT2D eigenvalue weighted by Gasteiger charge is -2.05. The van der Waals surface area contributed by atoms with E-state index in [2.05, 4.69) is 4.98 Å². The number of hydrogen-bond donors (Lipinski definition) is 0. The summed E-state index contributed by atoms with van der Waals surface area (Å²) in [7, 11) is 0. The minimum absolute atomic E-state index is 0.0813. The quantitative estimate of drug-likeness (QED) is 0.740. The van der Waals surface area contributed by atoms with Gasteiger partial charge in [-0.05, 0) is 54.7 Å². The Morgan fingerprint density at radius 2 is 2.00 bits per heavy atom. The maximum absolute atomic E-state index is 13.6. The Hall–Kier alpha value is -1.70. The van der Waals surface area contributed by atoms with E-state index in [1.807, 2.05) is 24.3 Å². The molecule has 0 amide bonds. The van der Waals surface area contributed by atoms with Crippen molar-refractivity contribution in [3.63, 3.8) is 0 Å². The normalized spacial score (nSPS) is 15.1. The highest BCUT2D eigenvalue weighted by molar-refractivity contribution is 5.60. The fourth-order valence-corrected chi connectivity index (χ4v) is 1.94. The van der Waals surface area contributed by atoms with Crippen LogP contribution in [0.15, 0.2) is 42.6 Å². The van der Waals surface area contributed by atoms with Crippen molar-refractivity contribution >= 4 is 0 Å². The highest BCUT2D eigenvalue weighted by Gasteiger charge is 2.26. The second-order valence-electron chi connectivity index (χ2n) is 4.23. The summed E-state index contributed by atoms with van der Waals surface area (Å²) in [4.78, 5) is 4.28. The molecule has 2 aromatic rings. The molecule has 3 rings (SSSR count). The predicted molar refractivity (Wildman–Crippen MR) is 61.6 cm³/mol. The zero-order valence-corrected chi connectivity index (χ0v) is 8.86. The van der Waals surface area contributed by atoms with Gasteiger partial charge in [-0.3, -0.25) is 4.98 Å². The van der Waals surface area contributed by atoms with Crippen molar-refractivity contribution in [3.05, 3.63) is 54.0 Å². The molecule has 1 aromatic heterocycles. The Morgan fingerprint density at radius 1 is 1.12 bits per heavy atom. The molecule has 0 spiro atoms. The first kappa shape index (κ1) is 9.52. The van der Waals surface area contributed by atoms with Gasteiger partial charge in [-0.1, -0.05) is 6.07 Å². The van der Waals surface area contributed by atoms with Crippen molar-refractivity contribution in [2.24, 2.45) is 0 Å². The topological polar surface area (TPSA) is 12.9 Å². The molecule has 1 saturated carbocycles. The molecule has 1 fully saturated rings. The van der Waals surface area contributed by atoms with Gasteiger partial charge in [-0.2, -0.15) is 0 Å². The summed E-state index contributed by atoms with van der Waals surface area (Å²) in [5.74, 6) is 0.353. The largest absolute Gasteiger partial charge is 0.256 e. The van der Waals surface area contributed by atoms with Crippen LogP contribution >= 0.6 is 0 Å². The van der Waals surface area contributed by atoms with Gasteiger partial charge >= 0.3 is 0 Å². The number of aromatic nitrogens is 1. The highest BCUT2D eigenvalue weighted by Crippen LogP contribution is 2.42. The number of pyridine rings is 1. The minimum Gasteiger partial charge on any atom is -0.256 e. The molecule has 80 valence electrons. The van der Waals surface area contributed by atoms with E-state index in [0.29, 0.717) is 5.92 Å². The van der Waals surface area contributed by atoms with E-state index in [1.54, 1.807) is 18.3 Å². The molecule has 1 aliphatic rings. The first-order chi connectivity index (χ1) is 7.84.